The monoisotopic (exact) mass is 514 g/mol. The van der Waals surface area contributed by atoms with E-state index in [-0.39, 0.29) is 16.9 Å². The quantitative estimate of drug-likeness (QED) is 0.564. The van der Waals surface area contributed by atoms with Crippen LogP contribution in [0, 0.1) is 5.41 Å². The second-order valence-electron chi connectivity index (χ2n) is 11.2. The van der Waals surface area contributed by atoms with E-state index < -0.39 is 12.7 Å². The number of hydrogen-bond acceptors (Lipinski definition) is 6. The summed E-state index contributed by atoms with van der Waals surface area (Å²) in [6.07, 6.45) is 3.02. The van der Waals surface area contributed by atoms with Gasteiger partial charge in [-0.05, 0) is 44.2 Å². The molecule has 37 heavy (non-hydrogen) atoms. The fourth-order valence-electron chi connectivity index (χ4n) is 5.98. The predicted octanol–water partition coefficient (Wildman–Crippen LogP) is 4.16. The molecule has 196 valence electrons. The molecular weight excluding hydrogens is 485 g/mol. The van der Waals surface area contributed by atoms with Gasteiger partial charge in [-0.15, -0.1) is 0 Å². The van der Waals surface area contributed by atoms with E-state index in [1.165, 1.54) is 11.1 Å². The van der Waals surface area contributed by atoms with Crippen molar-refractivity contribution < 1.29 is 22.7 Å². The molecule has 6 rings (SSSR count). The number of benzene rings is 1. The van der Waals surface area contributed by atoms with Gasteiger partial charge in [0.25, 0.3) is 5.91 Å². The number of ether oxygens (including phenoxy) is 1. The standard InChI is InChI=1S/C26H29F3N6O2/c1-24(2)12-17-10-19(32-23(36)18-13-31-35-7-3-6-30-22(18)35)20(11-21(17)37-24)34-8-4-25(5-9-34)14-33(15-25)16-26(27,28)29/h3,6-7,10-11,13H,4-5,8-9,12,14-16H2,1-2H3,(H,32,36). The van der Waals surface area contributed by atoms with Gasteiger partial charge in [0.1, 0.15) is 16.9 Å². The Labute approximate surface area is 212 Å². The van der Waals surface area contributed by atoms with Crippen LogP contribution in [0.4, 0.5) is 24.5 Å². The van der Waals surface area contributed by atoms with Crippen LogP contribution >= 0.6 is 0 Å². The maximum absolute atomic E-state index is 13.3. The number of carbonyl (C=O) groups is 1. The number of likely N-dealkylation sites (tertiary alicyclic amines) is 1. The highest BCUT2D eigenvalue weighted by atomic mass is 19.4. The number of amides is 1. The summed E-state index contributed by atoms with van der Waals surface area (Å²) in [5.74, 6) is 0.499. The molecule has 2 saturated heterocycles. The lowest BCUT2D eigenvalue weighted by Gasteiger charge is -2.54. The van der Waals surface area contributed by atoms with Crippen molar-refractivity contribution in [2.75, 3.05) is 42.9 Å². The molecule has 8 nitrogen and oxygen atoms in total. The first-order chi connectivity index (χ1) is 17.5. The summed E-state index contributed by atoms with van der Waals surface area (Å²) in [6.45, 7) is 5.57. The lowest BCUT2D eigenvalue weighted by Crippen LogP contribution is -2.61. The Morgan fingerprint density at radius 3 is 2.68 bits per heavy atom. The summed E-state index contributed by atoms with van der Waals surface area (Å²) in [4.78, 5) is 21.3. The molecule has 0 saturated carbocycles. The second kappa shape index (κ2) is 8.34. The fourth-order valence-corrected chi connectivity index (χ4v) is 5.98. The van der Waals surface area contributed by atoms with Crippen LogP contribution in [0.5, 0.6) is 5.75 Å². The minimum Gasteiger partial charge on any atom is -0.487 e. The SMILES string of the molecule is CC1(C)Cc2cc(NC(=O)c3cnn4cccnc34)c(N3CCC4(CC3)CN(CC(F)(F)F)C4)cc2O1. The van der Waals surface area contributed by atoms with E-state index in [1.807, 2.05) is 26.0 Å². The number of aromatic nitrogens is 3. The van der Waals surface area contributed by atoms with Crippen LogP contribution in [-0.2, 0) is 6.42 Å². The molecule has 1 N–H and O–H groups in total. The first kappa shape index (κ1) is 24.0. The van der Waals surface area contributed by atoms with Crippen molar-refractivity contribution in [3.05, 3.63) is 47.9 Å². The Morgan fingerprint density at radius 1 is 1.19 bits per heavy atom. The number of anilines is 2. The molecule has 0 radical (unpaired) electrons. The Bertz CT molecular complexity index is 1350. The molecule has 0 unspecified atom stereocenters. The Balaban J connectivity index is 1.23. The third kappa shape index (κ3) is 4.60. The van der Waals surface area contributed by atoms with Crippen molar-refractivity contribution in [2.45, 2.75) is 44.9 Å². The van der Waals surface area contributed by atoms with Gasteiger partial charge < -0.3 is 15.0 Å². The molecular formula is C26H29F3N6O2. The molecule has 5 heterocycles. The fraction of sp³-hybridized carbons (Fsp3) is 0.500. The maximum atomic E-state index is 13.3. The summed E-state index contributed by atoms with van der Waals surface area (Å²) in [5, 5.41) is 7.30. The van der Waals surface area contributed by atoms with Gasteiger partial charge in [-0.3, -0.25) is 9.69 Å². The first-order valence-corrected chi connectivity index (χ1v) is 12.5. The Kier molecular flexibility index (Phi) is 5.41. The third-order valence-electron chi connectivity index (χ3n) is 7.64. The van der Waals surface area contributed by atoms with Gasteiger partial charge in [0.05, 0.1) is 24.1 Å². The number of rotatable bonds is 4. The highest BCUT2D eigenvalue weighted by Crippen LogP contribution is 2.46. The molecule has 1 aromatic carbocycles. The minimum absolute atomic E-state index is 0.0663. The zero-order valence-electron chi connectivity index (χ0n) is 20.8. The average molecular weight is 515 g/mol. The average Bonchev–Trinajstić information content (AvgIpc) is 3.36. The molecule has 3 aliphatic rings. The van der Waals surface area contributed by atoms with E-state index in [2.05, 4.69) is 20.3 Å². The maximum Gasteiger partial charge on any atom is 0.401 e. The topological polar surface area (TPSA) is 75.0 Å². The number of piperidine rings is 1. The van der Waals surface area contributed by atoms with Crippen LogP contribution < -0.4 is 15.0 Å². The summed E-state index contributed by atoms with van der Waals surface area (Å²) < 4.78 is 46.0. The molecule has 0 aliphatic carbocycles. The molecule has 2 fully saturated rings. The van der Waals surface area contributed by atoms with E-state index >= 15 is 0 Å². The third-order valence-corrected chi connectivity index (χ3v) is 7.64. The van der Waals surface area contributed by atoms with E-state index in [9.17, 15) is 18.0 Å². The van der Waals surface area contributed by atoms with Crippen molar-refractivity contribution in [2.24, 2.45) is 5.41 Å². The van der Waals surface area contributed by atoms with Crippen LogP contribution in [-0.4, -0.2) is 69.9 Å². The lowest BCUT2D eigenvalue weighted by atomic mass is 9.72. The van der Waals surface area contributed by atoms with Crippen molar-refractivity contribution >= 4 is 22.9 Å². The number of fused-ring (bicyclic) bond motifs is 2. The van der Waals surface area contributed by atoms with Crippen LogP contribution in [0.2, 0.25) is 0 Å². The van der Waals surface area contributed by atoms with Gasteiger partial charge in [0, 0.05) is 56.6 Å². The van der Waals surface area contributed by atoms with E-state index in [0.717, 1.165) is 36.3 Å². The lowest BCUT2D eigenvalue weighted by molar-refractivity contribution is -0.171. The van der Waals surface area contributed by atoms with Gasteiger partial charge >= 0.3 is 6.18 Å². The second-order valence-corrected chi connectivity index (χ2v) is 11.2. The molecule has 0 bridgehead atoms. The Hall–Kier alpha value is -3.34. The summed E-state index contributed by atoms with van der Waals surface area (Å²) in [6, 6.07) is 5.72. The Morgan fingerprint density at radius 2 is 1.95 bits per heavy atom. The molecule has 0 atom stereocenters. The number of carbonyl (C=O) groups excluding carboxylic acids is 1. The molecule has 3 aromatic rings. The number of alkyl halides is 3. The van der Waals surface area contributed by atoms with Crippen molar-refractivity contribution in [3.63, 3.8) is 0 Å². The van der Waals surface area contributed by atoms with Gasteiger partial charge in [0.2, 0.25) is 0 Å². The van der Waals surface area contributed by atoms with Crippen LogP contribution in [0.1, 0.15) is 42.6 Å². The molecule has 1 spiro atoms. The number of hydrogen-bond donors (Lipinski definition) is 1. The zero-order valence-corrected chi connectivity index (χ0v) is 20.8. The van der Waals surface area contributed by atoms with Crippen LogP contribution in [0.15, 0.2) is 36.8 Å². The molecule has 2 aromatic heterocycles. The highest BCUT2D eigenvalue weighted by Gasteiger charge is 2.48. The summed E-state index contributed by atoms with van der Waals surface area (Å²) in [7, 11) is 0. The largest absolute Gasteiger partial charge is 0.487 e. The van der Waals surface area contributed by atoms with Gasteiger partial charge in [0.15, 0.2) is 5.65 Å². The van der Waals surface area contributed by atoms with Gasteiger partial charge in [-0.2, -0.15) is 18.3 Å². The molecule has 1 amide bonds. The van der Waals surface area contributed by atoms with Crippen LogP contribution in [0.3, 0.4) is 0 Å². The van der Waals surface area contributed by atoms with Gasteiger partial charge in [-0.25, -0.2) is 9.50 Å². The predicted molar refractivity (Wildman–Crippen MR) is 132 cm³/mol. The summed E-state index contributed by atoms with van der Waals surface area (Å²) >= 11 is 0. The van der Waals surface area contributed by atoms with Gasteiger partial charge in [-0.1, -0.05) is 0 Å². The highest BCUT2D eigenvalue weighted by molar-refractivity contribution is 6.09. The molecule has 3 aliphatic heterocycles. The molecule has 11 heteroatoms. The minimum atomic E-state index is -4.16. The number of halogens is 3. The van der Waals surface area contributed by atoms with Crippen molar-refractivity contribution in [1.82, 2.24) is 19.5 Å². The normalized spacial score (nSPS) is 20.5. The summed E-state index contributed by atoms with van der Waals surface area (Å²) in [5.41, 5.74) is 3.01. The number of nitrogens with one attached hydrogen (secondary N) is 1. The zero-order chi connectivity index (χ0) is 26.0. The van der Waals surface area contributed by atoms with E-state index in [4.69, 9.17) is 4.74 Å². The number of nitrogens with zero attached hydrogens (tertiary/aromatic N) is 5. The van der Waals surface area contributed by atoms with Crippen LogP contribution in [0.25, 0.3) is 5.65 Å². The van der Waals surface area contributed by atoms with Crippen molar-refractivity contribution in [1.29, 1.82) is 0 Å². The smallest absolute Gasteiger partial charge is 0.401 e. The van der Waals surface area contributed by atoms with Crippen molar-refractivity contribution in [3.8, 4) is 5.75 Å². The van der Waals surface area contributed by atoms with E-state index in [1.54, 1.807) is 23.0 Å². The first-order valence-electron chi connectivity index (χ1n) is 12.5. The van der Waals surface area contributed by atoms with E-state index in [0.29, 0.717) is 43.1 Å².